The Hall–Kier alpha value is -1.90. The Kier molecular flexibility index (Phi) is 2.74. The van der Waals surface area contributed by atoms with Crippen molar-refractivity contribution >= 4 is 21.5 Å². The smallest absolute Gasteiger partial charge is 0.106 e. The first-order chi connectivity index (χ1) is 8.75. The summed E-state index contributed by atoms with van der Waals surface area (Å²) in [5.41, 5.74) is 6.69. The van der Waals surface area contributed by atoms with Gasteiger partial charge in [-0.25, -0.2) is 0 Å². The zero-order chi connectivity index (χ0) is 12.5. The molecule has 3 rings (SSSR count). The van der Waals surface area contributed by atoms with E-state index in [-0.39, 0.29) is 0 Å². The molecule has 0 aliphatic carbocycles. The van der Waals surface area contributed by atoms with Gasteiger partial charge in [-0.05, 0) is 33.2 Å². The van der Waals surface area contributed by atoms with Gasteiger partial charge in [0.25, 0.3) is 0 Å². The van der Waals surface area contributed by atoms with Crippen molar-refractivity contribution in [3.8, 4) is 0 Å². The highest BCUT2D eigenvalue weighted by atomic mass is 16.3. The highest BCUT2D eigenvalue weighted by Crippen LogP contribution is 2.28. The summed E-state index contributed by atoms with van der Waals surface area (Å²) in [5, 5.41) is 14.2. The maximum Gasteiger partial charge on any atom is 0.106 e. The van der Waals surface area contributed by atoms with Gasteiger partial charge >= 0.3 is 0 Å². The molecule has 18 heavy (non-hydrogen) atoms. The number of aliphatic hydroxyl groups excluding tert-OH is 1. The van der Waals surface area contributed by atoms with Crippen LogP contribution < -0.4 is 5.73 Å². The summed E-state index contributed by atoms with van der Waals surface area (Å²) >= 11 is 0. The quantitative estimate of drug-likeness (QED) is 0.532. The van der Waals surface area contributed by atoms with Gasteiger partial charge in [-0.3, -0.25) is 0 Å². The first-order valence-electron chi connectivity index (χ1n) is 6.09. The first kappa shape index (κ1) is 11.2. The van der Waals surface area contributed by atoms with Crippen molar-refractivity contribution in [1.29, 1.82) is 0 Å². The molecule has 3 aromatic carbocycles. The molecule has 0 amide bonds. The number of fused-ring (bicyclic) bond motifs is 2. The number of rotatable bonds is 2. The maximum atomic E-state index is 9.50. The van der Waals surface area contributed by atoms with E-state index >= 15 is 0 Å². The van der Waals surface area contributed by atoms with Crippen LogP contribution in [0.4, 0.5) is 0 Å². The standard InChI is InChI=1S/C16H15NO/c17-16(18)10-15-13-7-3-1-5-11(13)9-12-6-2-4-8-14(12)15/h1-9,16,18H,10,17H2/t16-/m1/s1. The SMILES string of the molecule is N[C@H](O)Cc1c2ccccc2cc2ccccc12. The molecule has 90 valence electrons. The summed E-state index contributed by atoms with van der Waals surface area (Å²) < 4.78 is 0. The van der Waals surface area contributed by atoms with Gasteiger partial charge in [-0.1, -0.05) is 48.5 Å². The normalized spacial score (nSPS) is 13.0. The highest BCUT2D eigenvalue weighted by Gasteiger charge is 2.09. The third kappa shape index (κ3) is 1.86. The highest BCUT2D eigenvalue weighted by molar-refractivity contribution is 6.02. The van der Waals surface area contributed by atoms with Gasteiger partial charge in [-0.2, -0.15) is 0 Å². The van der Waals surface area contributed by atoms with E-state index in [1.165, 1.54) is 21.5 Å². The van der Waals surface area contributed by atoms with Crippen molar-refractivity contribution < 1.29 is 5.11 Å². The minimum absolute atomic E-state index is 0.474. The van der Waals surface area contributed by atoms with Gasteiger partial charge in [-0.15, -0.1) is 0 Å². The van der Waals surface area contributed by atoms with Crippen molar-refractivity contribution in [2.75, 3.05) is 0 Å². The molecule has 3 N–H and O–H groups in total. The van der Waals surface area contributed by atoms with Crippen molar-refractivity contribution in [2.45, 2.75) is 12.6 Å². The van der Waals surface area contributed by atoms with Crippen LogP contribution in [0.3, 0.4) is 0 Å². The summed E-state index contributed by atoms with van der Waals surface area (Å²) in [6.45, 7) is 0. The average molecular weight is 237 g/mol. The molecule has 0 saturated heterocycles. The van der Waals surface area contributed by atoms with E-state index in [4.69, 9.17) is 5.73 Å². The van der Waals surface area contributed by atoms with Gasteiger partial charge in [0.05, 0.1) is 0 Å². The van der Waals surface area contributed by atoms with Crippen LogP contribution in [0.15, 0.2) is 54.6 Å². The second-order valence-electron chi connectivity index (χ2n) is 4.57. The lowest BCUT2D eigenvalue weighted by Crippen LogP contribution is -2.21. The second-order valence-corrected chi connectivity index (χ2v) is 4.57. The number of nitrogens with two attached hydrogens (primary N) is 1. The van der Waals surface area contributed by atoms with Crippen LogP contribution in [0.2, 0.25) is 0 Å². The Bertz CT molecular complexity index is 650. The Labute approximate surface area is 106 Å². The monoisotopic (exact) mass is 237 g/mol. The fourth-order valence-electron chi connectivity index (χ4n) is 2.54. The van der Waals surface area contributed by atoms with Gasteiger partial charge in [0, 0.05) is 6.42 Å². The lowest BCUT2D eigenvalue weighted by atomic mass is 9.94. The molecule has 2 heteroatoms. The molecule has 0 unspecified atom stereocenters. The van der Waals surface area contributed by atoms with Crippen LogP contribution in [0.5, 0.6) is 0 Å². The van der Waals surface area contributed by atoms with Gasteiger partial charge in [0.15, 0.2) is 0 Å². The lowest BCUT2D eigenvalue weighted by molar-refractivity contribution is 0.183. The Morgan fingerprint density at radius 3 is 1.89 bits per heavy atom. The molecule has 0 fully saturated rings. The predicted molar refractivity (Wildman–Crippen MR) is 75.4 cm³/mol. The minimum atomic E-state index is -0.820. The maximum absolute atomic E-state index is 9.50. The third-order valence-electron chi connectivity index (χ3n) is 3.30. The topological polar surface area (TPSA) is 46.2 Å². The molecule has 0 aliphatic heterocycles. The molecule has 0 bridgehead atoms. The number of aliphatic hydroxyl groups is 1. The summed E-state index contributed by atoms with van der Waals surface area (Å²) in [6, 6.07) is 18.6. The Balaban J connectivity index is 2.41. The zero-order valence-corrected chi connectivity index (χ0v) is 10.0. The Morgan fingerprint density at radius 2 is 1.39 bits per heavy atom. The van der Waals surface area contributed by atoms with Crippen LogP contribution in [-0.4, -0.2) is 11.3 Å². The number of benzene rings is 3. The van der Waals surface area contributed by atoms with E-state index in [1.807, 2.05) is 24.3 Å². The summed E-state index contributed by atoms with van der Waals surface area (Å²) in [5.74, 6) is 0. The number of hydrogen-bond donors (Lipinski definition) is 2. The van der Waals surface area contributed by atoms with Crippen molar-refractivity contribution in [3.63, 3.8) is 0 Å². The molecule has 1 atom stereocenters. The van der Waals surface area contributed by atoms with E-state index in [0.29, 0.717) is 6.42 Å². The molecule has 0 radical (unpaired) electrons. The fraction of sp³-hybridized carbons (Fsp3) is 0.125. The van der Waals surface area contributed by atoms with Crippen LogP contribution in [0, 0.1) is 0 Å². The summed E-state index contributed by atoms with van der Waals surface area (Å²) in [7, 11) is 0. The fourth-order valence-corrected chi connectivity index (χ4v) is 2.54. The predicted octanol–water partition coefficient (Wildman–Crippen LogP) is 2.81. The summed E-state index contributed by atoms with van der Waals surface area (Å²) in [6.07, 6.45) is -0.346. The molecular formula is C16H15NO. The van der Waals surface area contributed by atoms with Crippen LogP contribution in [0.1, 0.15) is 5.56 Å². The second kappa shape index (κ2) is 4.41. The molecule has 0 spiro atoms. The van der Waals surface area contributed by atoms with E-state index in [1.54, 1.807) is 0 Å². The van der Waals surface area contributed by atoms with Crippen molar-refractivity contribution in [2.24, 2.45) is 5.73 Å². The molecule has 2 nitrogen and oxygen atoms in total. The van der Waals surface area contributed by atoms with E-state index < -0.39 is 6.23 Å². The molecule has 0 aliphatic rings. The molecule has 0 saturated carbocycles. The molecule has 3 aromatic rings. The van der Waals surface area contributed by atoms with Crippen molar-refractivity contribution in [1.82, 2.24) is 0 Å². The van der Waals surface area contributed by atoms with Crippen molar-refractivity contribution in [3.05, 3.63) is 60.2 Å². The van der Waals surface area contributed by atoms with E-state index in [0.717, 1.165) is 5.56 Å². The van der Waals surface area contributed by atoms with Gasteiger partial charge in [0.2, 0.25) is 0 Å². The Morgan fingerprint density at radius 1 is 0.889 bits per heavy atom. The van der Waals surface area contributed by atoms with Crippen LogP contribution in [-0.2, 0) is 6.42 Å². The third-order valence-corrected chi connectivity index (χ3v) is 3.30. The molecular weight excluding hydrogens is 222 g/mol. The van der Waals surface area contributed by atoms with E-state index in [9.17, 15) is 5.11 Å². The summed E-state index contributed by atoms with van der Waals surface area (Å²) in [4.78, 5) is 0. The lowest BCUT2D eigenvalue weighted by Gasteiger charge is -2.12. The van der Waals surface area contributed by atoms with Crippen LogP contribution in [0.25, 0.3) is 21.5 Å². The van der Waals surface area contributed by atoms with Gasteiger partial charge < -0.3 is 10.8 Å². The van der Waals surface area contributed by atoms with Gasteiger partial charge in [0.1, 0.15) is 6.23 Å². The first-order valence-corrected chi connectivity index (χ1v) is 6.09. The largest absolute Gasteiger partial charge is 0.378 e. The molecule has 0 heterocycles. The average Bonchev–Trinajstić information content (AvgIpc) is 2.38. The number of hydrogen-bond acceptors (Lipinski definition) is 2. The van der Waals surface area contributed by atoms with E-state index in [2.05, 4.69) is 30.3 Å². The zero-order valence-electron chi connectivity index (χ0n) is 10.0. The molecule has 0 aromatic heterocycles. The minimum Gasteiger partial charge on any atom is -0.378 e. The van der Waals surface area contributed by atoms with Crippen LogP contribution >= 0.6 is 0 Å².